The first-order valence-corrected chi connectivity index (χ1v) is 4.93. The van der Waals surface area contributed by atoms with Crippen molar-refractivity contribution in [3.8, 4) is 0 Å². The molecule has 0 aliphatic heterocycles. The fourth-order valence-electron chi connectivity index (χ4n) is 1.62. The van der Waals surface area contributed by atoms with Gasteiger partial charge in [0.15, 0.2) is 0 Å². The summed E-state index contributed by atoms with van der Waals surface area (Å²) in [6, 6.07) is -0.130. The van der Waals surface area contributed by atoms with Crippen LogP contribution >= 0.6 is 0 Å². The van der Waals surface area contributed by atoms with E-state index in [-0.39, 0.29) is 6.04 Å². The fraction of sp³-hybridized carbons (Fsp3) is 0.300. The van der Waals surface area contributed by atoms with Crippen molar-refractivity contribution in [2.45, 2.75) is 13.0 Å². The number of nitrogens with one attached hydrogen (secondary N) is 1. The first-order valence-electron chi connectivity index (χ1n) is 4.93. The number of aryl methyl sites for hydroxylation is 1. The lowest BCUT2D eigenvalue weighted by atomic mass is 10.0. The predicted octanol–water partition coefficient (Wildman–Crippen LogP) is 0.0712. The van der Waals surface area contributed by atoms with Crippen LogP contribution in [0.15, 0.2) is 24.9 Å². The summed E-state index contributed by atoms with van der Waals surface area (Å²) in [5, 5.41) is 4.19. The van der Waals surface area contributed by atoms with Gasteiger partial charge in [0, 0.05) is 36.3 Å². The molecule has 1 unspecified atom stereocenters. The minimum atomic E-state index is -0.130. The molecule has 16 heavy (non-hydrogen) atoms. The lowest BCUT2D eigenvalue weighted by Gasteiger charge is -2.14. The van der Waals surface area contributed by atoms with Gasteiger partial charge in [0.05, 0.1) is 12.2 Å². The van der Waals surface area contributed by atoms with Gasteiger partial charge in [0.2, 0.25) is 0 Å². The van der Waals surface area contributed by atoms with Crippen molar-refractivity contribution in [2.24, 2.45) is 12.9 Å². The zero-order valence-corrected chi connectivity index (χ0v) is 9.25. The Morgan fingerprint density at radius 1 is 1.31 bits per heavy atom. The molecule has 0 saturated heterocycles. The number of hydrazine groups is 1. The number of hydrogen-bond acceptors (Lipinski definition) is 5. The third kappa shape index (κ3) is 1.80. The van der Waals surface area contributed by atoms with E-state index < -0.39 is 0 Å². The van der Waals surface area contributed by atoms with Crippen LogP contribution in [0.25, 0.3) is 0 Å². The van der Waals surface area contributed by atoms with E-state index in [1.165, 1.54) is 6.33 Å². The highest BCUT2D eigenvalue weighted by Crippen LogP contribution is 2.22. The van der Waals surface area contributed by atoms with E-state index in [0.29, 0.717) is 0 Å². The summed E-state index contributed by atoms with van der Waals surface area (Å²) >= 11 is 0. The summed E-state index contributed by atoms with van der Waals surface area (Å²) in [7, 11) is 1.90. The van der Waals surface area contributed by atoms with Gasteiger partial charge in [-0.3, -0.25) is 10.5 Å². The van der Waals surface area contributed by atoms with Crippen LogP contribution in [0.4, 0.5) is 0 Å². The normalized spacial score (nSPS) is 12.7. The average Bonchev–Trinajstić information content (AvgIpc) is 2.64. The Labute approximate surface area is 93.5 Å². The predicted molar refractivity (Wildman–Crippen MR) is 59.1 cm³/mol. The van der Waals surface area contributed by atoms with Gasteiger partial charge in [0.1, 0.15) is 6.33 Å². The maximum atomic E-state index is 5.57. The van der Waals surface area contributed by atoms with E-state index in [1.807, 2.05) is 18.7 Å². The highest BCUT2D eigenvalue weighted by molar-refractivity contribution is 5.29. The van der Waals surface area contributed by atoms with E-state index in [2.05, 4.69) is 20.5 Å². The van der Waals surface area contributed by atoms with Gasteiger partial charge in [-0.05, 0) is 6.92 Å². The molecule has 0 radical (unpaired) electrons. The molecule has 0 spiro atoms. The zero-order valence-electron chi connectivity index (χ0n) is 9.25. The number of aromatic nitrogens is 4. The Bertz CT molecular complexity index is 463. The highest BCUT2D eigenvalue weighted by Gasteiger charge is 2.17. The second-order valence-electron chi connectivity index (χ2n) is 3.58. The minimum absolute atomic E-state index is 0.130. The molecule has 84 valence electrons. The van der Waals surface area contributed by atoms with Crippen molar-refractivity contribution in [1.29, 1.82) is 0 Å². The third-order valence-electron chi connectivity index (χ3n) is 2.66. The summed E-state index contributed by atoms with van der Waals surface area (Å²) in [5.74, 6) is 5.57. The van der Waals surface area contributed by atoms with Crippen LogP contribution < -0.4 is 11.3 Å². The molecule has 6 heteroatoms. The van der Waals surface area contributed by atoms with Gasteiger partial charge >= 0.3 is 0 Å². The third-order valence-corrected chi connectivity index (χ3v) is 2.66. The quantitative estimate of drug-likeness (QED) is 0.563. The molecule has 0 saturated carbocycles. The number of nitrogens with two attached hydrogens (primary N) is 1. The Morgan fingerprint density at radius 3 is 2.50 bits per heavy atom. The van der Waals surface area contributed by atoms with Crippen molar-refractivity contribution in [1.82, 2.24) is 25.2 Å². The maximum Gasteiger partial charge on any atom is 0.115 e. The number of hydrogen-bond donors (Lipinski definition) is 2. The van der Waals surface area contributed by atoms with Crippen LogP contribution in [0.2, 0.25) is 0 Å². The molecule has 2 heterocycles. The summed E-state index contributed by atoms with van der Waals surface area (Å²) in [6.07, 6.45) is 6.77. The van der Waals surface area contributed by atoms with E-state index in [4.69, 9.17) is 5.84 Å². The Morgan fingerprint density at radius 2 is 2.00 bits per heavy atom. The molecule has 3 N–H and O–H groups in total. The number of rotatable bonds is 3. The smallest absolute Gasteiger partial charge is 0.115 e. The molecule has 6 nitrogen and oxygen atoms in total. The first kappa shape index (κ1) is 10.7. The average molecular weight is 218 g/mol. The van der Waals surface area contributed by atoms with Gasteiger partial charge in [0.25, 0.3) is 0 Å². The Kier molecular flexibility index (Phi) is 2.93. The van der Waals surface area contributed by atoms with Crippen LogP contribution in [0.5, 0.6) is 0 Å². The van der Waals surface area contributed by atoms with Crippen LogP contribution in [0, 0.1) is 6.92 Å². The molecule has 0 aliphatic rings. The SMILES string of the molecule is Cc1c(C(NN)c2cncnc2)cnn1C. The van der Waals surface area contributed by atoms with Gasteiger partial charge in [-0.25, -0.2) is 15.4 Å². The van der Waals surface area contributed by atoms with E-state index in [9.17, 15) is 0 Å². The van der Waals surface area contributed by atoms with E-state index in [0.717, 1.165) is 16.8 Å². The molecule has 0 aromatic carbocycles. The summed E-state index contributed by atoms with van der Waals surface area (Å²) in [5.41, 5.74) is 5.76. The Hall–Kier alpha value is -1.79. The van der Waals surface area contributed by atoms with Gasteiger partial charge in [-0.2, -0.15) is 5.10 Å². The second kappa shape index (κ2) is 4.38. The van der Waals surface area contributed by atoms with Crippen LogP contribution in [0.3, 0.4) is 0 Å². The molecule has 2 rings (SSSR count). The summed E-state index contributed by atoms with van der Waals surface area (Å²) < 4.78 is 1.81. The molecule has 2 aromatic heterocycles. The van der Waals surface area contributed by atoms with Crippen molar-refractivity contribution >= 4 is 0 Å². The number of nitrogens with zero attached hydrogens (tertiary/aromatic N) is 4. The first-order chi connectivity index (χ1) is 7.74. The lowest BCUT2D eigenvalue weighted by molar-refractivity contribution is 0.625. The molecule has 2 aromatic rings. The van der Waals surface area contributed by atoms with Crippen molar-refractivity contribution < 1.29 is 0 Å². The van der Waals surface area contributed by atoms with Crippen LogP contribution in [-0.2, 0) is 7.05 Å². The van der Waals surface area contributed by atoms with Crippen molar-refractivity contribution in [3.63, 3.8) is 0 Å². The lowest BCUT2D eigenvalue weighted by Crippen LogP contribution is -2.29. The van der Waals surface area contributed by atoms with Gasteiger partial charge in [-0.15, -0.1) is 0 Å². The molecular formula is C10H14N6. The Balaban J connectivity index is 2.41. The molecule has 0 amide bonds. The van der Waals surface area contributed by atoms with Gasteiger partial charge < -0.3 is 0 Å². The highest BCUT2D eigenvalue weighted by atomic mass is 15.3. The van der Waals surface area contributed by atoms with Gasteiger partial charge in [-0.1, -0.05) is 0 Å². The summed E-state index contributed by atoms with van der Waals surface area (Å²) in [6.45, 7) is 2.00. The largest absolute Gasteiger partial charge is 0.273 e. The summed E-state index contributed by atoms with van der Waals surface area (Å²) in [4.78, 5) is 7.96. The molecule has 0 aliphatic carbocycles. The van der Waals surface area contributed by atoms with Crippen LogP contribution in [0.1, 0.15) is 22.9 Å². The fourth-order valence-corrected chi connectivity index (χ4v) is 1.62. The topological polar surface area (TPSA) is 81.7 Å². The molecular weight excluding hydrogens is 204 g/mol. The molecule has 1 atom stereocenters. The van der Waals surface area contributed by atoms with Crippen molar-refractivity contribution in [2.75, 3.05) is 0 Å². The molecule has 0 fully saturated rings. The second-order valence-corrected chi connectivity index (χ2v) is 3.58. The van der Waals surface area contributed by atoms with E-state index in [1.54, 1.807) is 18.6 Å². The molecule has 0 bridgehead atoms. The minimum Gasteiger partial charge on any atom is -0.273 e. The maximum absolute atomic E-state index is 5.57. The van der Waals surface area contributed by atoms with Crippen molar-refractivity contribution in [3.05, 3.63) is 41.7 Å². The zero-order chi connectivity index (χ0) is 11.5. The van der Waals surface area contributed by atoms with Crippen LogP contribution in [-0.4, -0.2) is 19.7 Å². The van der Waals surface area contributed by atoms with E-state index >= 15 is 0 Å². The standard InChI is InChI=1S/C10H14N6/c1-7-9(5-14-16(7)2)10(15-11)8-3-12-6-13-4-8/h3-6,10,15H,11H2,1-2H3. The monoisotopic (exact) mass is 218 g/mol.